The van der Waals surface area contributed by atoms with Crippen LogP contribution < -0.4 is 4.74 Å². The molecule has 5 rings (SSSR count). The van der Waals surface area contributed by atoms with Gasteiger partial charge in [0.1, 0.15) is 11.6 Å². The van der Waals surface area contributed by atoms with Crippen LogP contribution in [0.1, 0.15) is 23.9 Å². The summed E-state index contributed by atoms with van der Waals surface area (Å²) in [5.74, 6) is 1.97. The van der Waals surface area contributed by atoms with E-state index < -0.39 is 0 Å². The Balaban J connectivity index is 1.44. The second-order valence-electron chi connectivity index (χ2n) is 7.87. The lowest BCUT2D eigenvalue weighted by Crippen LogP contribution is -2.13. The van der Waals surface area contributed by atoms with Gasteiger partial charge in [0.25, 0.3) is 0 Å². The number of aryl methyl sites for hydroxylation is 1. The summed E-state index contributed by atoms with van der Waals surface area (Å²) in [6.45, 7) is 1.22. The lowest BCUT2D eigenvalue weighted by atomic mass is 10.0. The molecule has 0 saturated carbocycles. The first-order valence-corrected chi connectivity index (χ1v) is 11.5. The highest BCUT2D eigenvalue weighted by Crippen LogP contribution is 2.41. The summed E-state index contributed by atoms with van der Waals surface area (Å²) in [6, 6.07) is 20.6. The van der Waals surface area contributed by atoms with E-state index >= 15 is 0 Å². The summed E-state index contributed by atoms with van der Waals surface area (Å²) in [4.78, 5) is 9.29. The third-order valence-electron chi connectivity index (χ3n) is 5.87. The molecule has 1 atom stereocenters. The van der Waals surface area contributed by atoms with Gasteiger partial charge in [0, 0.05) is 34.4 Å². The van der Waals surface area contributed by atoms with Crippen molar-refractivity contribution in [3.63, 3.8) is 0 Å². The fourth-order valence-corrected chi connectivity index (χ4v) is 4.77. The molecule has 5 nitrogen and oxygen atoms in total. The smallest absolute Gasteiger partial charge is 0.118 e. The van der Waals surface area contributed by atoms with Crippen molar-refractivity contribution in [2.45, 2.75) is 25.5 Å². The zero-order valence-corrected chi connectivity index (χ0v) is 19.5. The van der Waals surface area contributed by atoms with E-state index in [0.29, 0.717) is 13.2 Å². The molecule has 2 aromatic heterocycles. The summed E-state index contributed by atoms with van der Waals surface area (Å²) in [6.07, 6.45) is 5.64. The maximum Gasteiger partial charge on any atom is 0.118 e. The van der Waals surface area contributed by atoms with Crippen molar-refractivity contribution in [2.24, 2.45) is 0 Å². The molecule has 0 spiro atoms. The molecule has 1 unspecified atom stereocenters. The summed E-state index contributed by atoms with van der Waals surface area (Å²) in [5, 5.41) is 0. The number of hydrogen-bond acceptors (Lipinski definition) is 4. The Labute approximate surface area is 196 Å². The van der Waals surface area contributed by atoms with Crippen LogP contribution >= 0.6 is 15.9 Å². The van der Waals surface area contributed by atoms with Gasteiger partial charge >= 0.3 is 0 Å². The van der Waals surface area contributed by atoms with Crippen LogP contribution in [0.15, 0.2) is 77.5 Å². The number of fused-ring (bicyclic) bond motifs is 1. The van der Waals surface area contributed by atoms with Gasteiger partial charge in [-0.2, -0.15) is 0 Å². The second-order valence-corrected chi connectivity index (χ2v) is 8.72. The van der Waals surface area contributed by atoms with Crippen LogP contribution in [0.4, 0.5) is 0 Å². The maximum absolute atomic E-state index is 6.15. The molecule has 3 heterocycles. The molecule has 0 saturated heterocycles. The first-order chi connectivity index (χ1) is 15.7. The van der Waals surface area contributed by atoms with Crippen molar-refractivity contribution in [1.29, 1.82) is 0 Å². The number of benzene rings is 2. The van der Waals surface area contributed by atoms with Crippen LogP contribution in [0, 0.1) is 0 Å². The molecule has 0 N–H and O–H groups in total. The number of pyridine rings is 1. The predicted molar refractivity (Wildman–Crippen MR) is 129 cm³/mol. The minimum Gasteiger partial charge on any atom is -0.497 e. The van der Waals surface area contributed by atoms with E-state index in [1.54, 1.807) is 7.11 Å². The van der Waals surface area contributed by atoms with Crippen LogP contribution in [-0.2, 0) is 17.8 Å². The van der Waals surface area contributed by atoms with E-state index in [1.165, 1.54) is 0 Å². The summed E-state index contributed by atoms with van der Waals surface area (Å²) < 4.78 is 14.8. The number of imidazole rings is 1. The highest BCUT2D eigenvalue weighted by molar-refractivity contribution is 9.10. The fourth-order valence-electron chi connectivity index (χ4n) is 4.29. The van der Waals surface area contributed by atoms with Gasteiger partial charge in [0.2, 0.25) is 0 Å². The first-order valence-electron chi connectivity index (χ1n) is 10.7. The largest absolute Gasteiger partial charge is 0.497 e. The van der Waals surface area contributed by atoms with Gasteiger partial charge in [-0.3, -0.25) is 4.98 Å². The second kappa shape index (κ2) is 9.27. The molecule has 4 aromatic rings. The van der Waals surface area contributed by atoms with E-state index in [1.807, 2.05) is 42.7 Å². The van der Waals surface area contributed by atoms with Crippen LogP contribution in [0.3, 0.4) is 0 Å². The van der Waals surface area contributed by atoms with Gasteiger partial charge < -0.3 is 14.0 Å². The van der Waals surface area contributed by atoms with Gasteiger partial charge in [0.15, 0.2) is 0 Å². The van der Waals surface area contributed by atoms with Gasteiger partial charge in [0.05, 0.1) is 37.8 Å². The number of hydrogen-bond donors (Lipinski definition) is 0. The van der Waals surface area contributed by atoms with Crippen LogP contribution in [0.25, 0.3) is 22.5 Å². The maximum atomic E-state index is 6.15. The standard InChI is InChI=1S/C26H24BrN3O2/c1-31-21-9-6-18(7-10-21)16-32-17-20-8-11-24-29-25(22-4-2-3-5-23(22)27)26(30(20)24)19-12-14-28-15-13-19/h2-7,9-10,12-15,20H,8,11,16-17H2,1H3. The SMILES string of the molecule is COc1ccc(COCC2CCc3nc(-c4ccccc4Br)c(-c4ccncc4)n32)cc1. The highest BCUT2D eigenvalue weighted by atomic mass is 79.9. The number of nitrogens with zero attached hydrogens (tertiary/aromatic N) is 3. The Bertz CT molecular complexity index is 1210. The molecule has 2 aromatic carbocycles. The van der Waals surface area contributed by atoms with Gasteiger partial charge in [-0.1, -0.05) is 46.3 Å². The molecule has 0 fully saturated rings. The third-order valence-corrected chi connectivity index (χ3v) is 6.56. The topological polar surface area (TPSA) is 49.2 Å². The molecule has 0 amide bonds. The number of aromatic nitrogens is 3. The van der Waals surface area contributed by atoms with Crippen molar-refractivity contribution in [3.05, 3.63) is 88.9 Å². The van der Waals surface area contributed by atoms with Gasteiger partial charge in [-0.15, -0.1) is 0 Å². The average molecular weight is 490 g/mol. The van der Waals surface area contributed by atoms with Crippen molar-refractivity contribution in [3.8, 4) is 28.3 Å². The molecule has 6 heteroatoms. The number of methoxy groups -OCH3 is 1. The molecule has 1 aliphatic heterocycles. The molecule has 0 aliphatic carbocycles. The molecule has 32 heavy (non-hydrogen) atoms. The summed E-state index contributed by atoms with van der Waals surface area (Å²) in [5.41, 5.74) is 5.48. The predicted octanol–water partition coefficient (Wildman–Crippen LogP) is 6.09. The normalized spacial score (nSPS) is 15.0. The van der Waals surface area contributed by atoms with E-state index in [-0.39, 0.29) is 6.04 Å². The summed E-state index contributed by atoms with van der Waals surface area (Å²) in [7, 11) is 1.68. The molecular weight excluding hydrogens is 466 g/mol. The lowest BCUT2D eigenvalue weighted by molar-refractivity contribution is 0.0925. The van der Waals surface area contributed by atoms with Gasteiger partial charge in [-0.05, 0) is 42.3 Å². The molecule has 0 radical (unpaired) electrons. The minimum absolute atomic E-state index is 0.246. The van der Waals surface area contributed by atoms with Crippen molar-refractivity contribution < 1.29 is 9.47 Å². The van der Waals surface area contributed by atoms with Crippen molar-refractivity contribution in [2.75, 3.05) is 13.7 Å². The Morgan fingerprint density at radius 2 is 1.81 bits per heavy atom. The molecule has 1 aliphatic rings. The van der Waals surface area contributed by atoms with Gasteiger partial charge in [-0.25, -0.2) is 4.98 Å². The monoisotopic (exact) mass is 489 g/mol. The Hall–Kier alpha value is -2.96. The number of ether oxygens (including phenoxy) is 2. The minimum atomic E-state index is 0.246. The van der Waals surface area contributed by atoms with E-state index in [0.717, 1.165) is 57.0 Å². The summed E-state index contributed by atoms with van der Waals surface area (Å²) >= 11 is 3.71. The van der Waals surface area contributed by atoms with E-state index in [9.17, 15) is 0 Å². The molecule has 0 bridgehead atoms. The first kappa shape index (κ1) is 20.9. The third kappa shape index (κ3) is 4.08. The lowest BCUT2D eigenvalue weighted by Gasteiger charge is -2.18. The van der Waals surface area contributed by atoms with Crippen LogP contribution in [0.5, 0.6) is 5.75 Å². The number of rotatable bonds is 7. The quantitative estimate of drug-likeness (QED) is 0.315. The van der Waals surface area contributed by atoms with Crippen LogP contribution in [0.2, 0.25) is 0 Å². The van der Waals surface area contributed by atoms with Crippen LogP contribution in [-0.4, -0.2) is 28.3 Å². The fraction of sp³-hybridized carbons (Fsp3) is 0.231. The Morgan fingerprint density at radius 1 is 1.03 bits per heavy atom. The average Bonchev–Trinajstić information content (AvgIpc) is 3.40. The van der Waals surface area contributed by atoms with Crippen molar-refractivity contribution in [1.82, 2.24) is 14.5 Å². The Kier molecular flexibility index (Phi) is 6.06. The van der Waals surface area contributed by atoms with Crippen molar-refractivity contribution >= 4 is 15.9 Å². The molecular formula is C26H24BrN3O2. The highest BCUT2D eigenvalue weighted by Gasteiger charge is 2.30. The zero-order chi connectivity index (χ0) is 21.9. The van der Waals surface area contributed by atoms with E-state index in [4.69, 9.17) is 14.5 Å². The zero-order valence-electron chi connectivity index (χ0n) is 17.9. The molecule has 162 valence electrons. The van der Waals surface area contributed by atoms with E-state index in [2.05, 4.69) is 55.8 Å². The number of halogens is 1. The Morgan fingerprint density at radius 3 is 2.56 bits per heavy atom.